The minimum Gasteiger partial charge on any atom is -0.479 e. The molecule has 1 aromatic rings. The molecule has 7 nitrogen and oxygen atoms in total. The summed E-state index contributed by atoms with van der Waals surface area (Å²) in [6.07, 6.45) is -2.84. The molecule has 0 fully saturated rings. The molecule has 0 bridgehead atoms. The Bertz CT molecular complexity index is 537. The Hall–Kier alpha value is -2.22. The van der Waals surface area contributed by atoms with Crippen molar-refractivity contribution in [1.29, 1.82) is 0 Å². The molecule has 9 heteroatoms. The van der Waals surface area contributed by atoms with Gasteiger partial charge in [0.1, 0.15) is 0 Å². The third-order valence-corrected chi connectivity index (χ3v) is 2.50. The van der Waals surface area contributed by atoms with E-state index < -0.39 is 34.2 Å². The zero-order valence-electron chi connectivity index (χ0n) is 9.30. The molecule has 0 spiro atoms. The molecule has 1 amide bonds. The first-order chi connectivity index (χ1) is 8.86. The number of nitro groups is 1. The molecule has 102 valence electrons. The van der Waals surface area contributed by atoms with Crippen molar-refractivity contribution in [3.63, 3.8) is 0 Å². The van der Waals surface area contributed by atoms with Gasteiger partial charge in [-0.2, -0.15) is 0 Å². The van der Waals surface area contributed by atoms with E-state index in [9.17, 15) is 24.1 Å². The zero-order valence-corrected chi connectivity index (χ0v) is 10.1. The number of hydrogen-bond donors (Lipinski definition) is 2. The predicted molar refractivity (Wildman–Crippen MR) is 62.3 cm³/mol. The second-order valence-corrected chi connectivity index (χ2v) is 3.72. The number of nitrogens with one attached hydrogen (secondary N) is 1. The van der Waals surface area contributed by atoms with Gasteiger partial charge in [-0.1, -0.05) is 6.07 Å². The summed E-state index contributed by atoms with van der Waals surface area (Å²) < 4.78 is 13.5. The largest absolute Gasteiger partial charge is 0.479 e. The average Bonchev–Trinajstić information content (AvgIpc) is 2.37. The Morgan fingerprint density at radius 2 is 2.16 bits per heavy atom. The second kappa shape index (κ2) is 6.10. The van der Waals surface area contributed by atoms with Gasteiger partial charge in [-0.15, -0.1) is 0 Å². The lowest BCUT2D eigenvalue weighted by Crippen LogP contribution is -2.18. The molecule has 0 aliphatic carbocycles. The van der Waals surface area contributed by atoms with Crippen LogP contribution in [-0.2, 0) is 16.0 Å². The highest BCUT2D eigenvalue weighted by molar-refractivity contribution is 6.21. The number of carboxylic acids is 1. The zero-order chi connectivity index (χ0) is 14.6. The van der Waals surface area contributed by atoms with E-state index in [4.69, 9.17) is 16.9 Å². The van der Waals surface area contributed by atoms with Crippen LogP contribution >= 0.6 is 11.8 Å². The van der Waals surface area contributed by atoms with Crippen LogP contribution in [0.2, 0.25) is 0 Å². The first-order valence-corrected chi connectivity index (χ1v) is 5.28. The van der Waals surface area contributed by atoms with Crippen molar-refractivity contribution in [1.82, 2.24) is 4.84 Å². The van der Waals surface area contributed by atoms with Crippen molar-refractivity contribution in [2.75, 3.05) is 0 Å². The summed E-state index contributed by atoms with van der Waals surface area (Å²) in [5.74, 6) is -2.48. The van der Waals surface area contributed by atoms with Gasteiger partial charge in [-0.3, -0.25) is 19.7 Å². The fourth-order valence-electron chi connectivity index (χ4n) is 1.43. The number of alkyl halides is 1. The van der Waals surface area contributed by atoms with E-state index in [0.717, 1.165) is 18.2 Å². The number of hydrogen-bond acceptors (Lipinski definition) is 4. The van der Waals surface area contributed by atoms with Crippen molar-refractivity contribution < 1.29 is 24.0 Å². The molecule has 1 aromatic carbocycles. The highest BCUT2D eigenvalue weighted by Crippen LogP contribution is 2.27. The van der Waals surface area contributed by atoms with Crippen LogP contribution in [0.15, 0.2) is 18.2 Å². The number of rotatable bonds is 5. The van der Waals surface area contributed by atoms with Crippen LogP contribution in [0.1, 0.15) is 17.3 Å². The van der Waals surface area contributed by atoms with Crippen LogP contribution in [0.4, 0.5) is 10.1 Å². The summed E-state index contributed by atoms with van der Waals surface area (Å²) >= 11 is 5.06. The number of benzene rings is 1. The third kappa shape index (κ3) is 3.62. The highest BCUT2D eigenvalue weighted by Gasteiger charge is 2.25. The number of carbonyl (C=O) groups excluding carboxylic acids is 1. The van der Waals surface area contributed by atoms with Crippen LogP contribution in [0.5, 0.6) is 0 Å². The van der Waals surface area contributed by atoms with Crippen molar-refractivity contribution in [2.24, 2.45) is 0 Å². The van der Waals surface area contributed by atoms with Crippen molar-refractivity contribution in [3.8, 4) is 0 Å². The topological polar surface area (TPSA) is 110 Å². The molecule has 1 rings (SSSR count). The quantitative estimate of drug-likeness (QED) is 0.485. The van der Waals surface area contributed by atoms with Gasteiger partial charge in [0.05, 0.1) is 11.3 Å². The number of nitro benzene ring substituents is 1. The van der Waals surface area contributed by atoms with E-state index in [1.54, 1.807) is 4.84 Å². The minimum absolute atomic E-state index is 0.0126. The predicted octanol–water partition coefficient (Wildman–Crippen LogP) is 1.50. The first-order valence-electron chi connectivity index (χ1n) is 4.90. The van der Waals surface area contributed by atoms with Crippen molar-refractivity contribution in [2.45, 2.75) is 12.6 Å². The van der Waals surface area contributed by atoms with E-state index >= 15 is 0 Å². The van der Waals surface area contributed by atoms with Gasteiger partial charge >= 0.3 is 5.97 Å². The van der Waals surface area contributed by atoms with Gasteiger partial charge in [-0.05, 0) is 5.56 Å². The minimum atomic E-state index is -2.46. The molecule has 19 heavy (non-hydrogen) atoms. The average molecular weight is 291 g/mol. The maximum atomic E-state index is 13.5. The number of aliphatic carboxylic acids is 1. The van der Waals surface area contributed by atoms with Crippen LogP contribution < -0.4 is 4.84 Å². The summed E-state index contributed by atoms with van der Waals surface area (Å²) in [7, 11) is 0. The molecule has 0 saturated heterocycles. The lowest BCUT2D eigenvalue weighted by molar-refractivity contribution is -0.385. The molecule has 0 radical (unpaired) electrons. The number of amides is 1. The molecule has 1 atom stereocenters. The van der Waals surface area contributed by atoms with Crippen LogP contribution in [0.25, 0.3) is 0 Å². The Morgan fingerprint density at radius 1 is 1.53 bits per heavy atom. The van der Waals surface area contributed by atoms with Crippen LogP contribution in [-0.4, -0.2) is 21.9 Å². The summed E-state index contributed by atoms with van der Waals surface area (Å²) in [5.41, 5.74) is -0.894. The smallest absolute Gasteiger partial charge is 0.343 e. The molecule has 2 N–H and O–H groups in total. The molecule has 0 aliphatic rings. The number of nitrogens with zero attached hydrogens (tertiary/aromatic N) is 1. The molecule has 0 heterocycles. The fourth-order valence-corrected chi connectivity index (χ4v) is 1.50. The van der Waals surface area contributed by atoms with Crippen LogP contribution in [0.3, 0.4) is 0 Å². The van der Waals surface area contributed by atoms with E-state index in [1.165, 1.54) is 0 Å². The number of halogens is 2. The Balaban J connectivity index is 3.25. The lowest BCUT2D eigenvalue weighted by Gasteiger charge is -2.09. The molecular formula is C10H8ClFN2O5. The highest BCUT2D eigenvalue weighted by atomic mass is 35.5. The summed E-state index contributed by atoms with van der Waals surface area (Å²) in [6, 6.07) is 2.96. The maximum Gasteiger partial charge on any atom is 0.343 e. The summed E-state index contributed by atoms with van der Waals surface area (Å²) in [5, 5.41) is 19.2. The molecular weight excluding hydrogens is 283 g/mol. The van der Waals surface area contributed by atoms with Gasteiger partial charge in [0, 0.05) is 29.5 Å². The van der Waals surface area contributed by atoms with E-state index in [1.807, 2.05) is 0 Å². The Morgan fingerprint density at radius 3 is 2.63 bits per heavy atom. The van der Waals surface area contributed by atoms with Crippen molar-refractivity contribution in [3.05, 3.63) is 39.4 Å². The van der Waals surface area contributed by atoms with Crippen molar-refractivity contribution >= 4 is 29.3 Å². The maximum absolute atomic E-state index is 13.5. The van der Waals surface area contributed by atoms with Gasteiger partial charge < -0.3 is 5.11 Å². The van der Waals surface area contributed by atoms with E-state index in [2.05, 4.69) is 0 Å². The summed E-state index contributed by atoms with van der Waals surface area (Å²) in [4.78, 5) is 33.3. The standard InChI is InChI=1S/C10H8ClFN2O5/c11-13-8(15)3-5-1-2-6(14(18)19)4-7(5)9(12)10(16)17/h1-2,4,9H,3H2,(H,13,15)(H,16,17). The fraction of sp³-hybridized carbons (Fsp3) is 0.200. The van der Waals surface area contributed by atoms with Gasteiger partial charge in [0.2, 0.25) is 12.1 Å². The second-order valence-electron chi connectivity index (χ2n) is 3.54. The molecule has 0 saturated carbocycles. The number of carbonyl (C=O) groups is 2. The van der Waals surface area contributed by atoms with Gasteiger partial charge in [0.15, 0.2) is 0 Å². The number of non-ortho nitro benzene ring substituents is 1. The first kappa shape index (κ1) is 14.8. The molecule has 0 aliphatic heterocycles. The summed E-state index contributed by atoms with van der Waals surface area (Å²) in [6.45, 7) is 0. The normalized spacial score (nSPS) is 11.7. The Labute approximate surface area is 111 Å². The van der Waals surface area contributed by atoms with Gasteiger partial charge in [-0.25, -0.2) is 9.18 Å². The Kier molecular flexibility index (Phi) is 4.76. The third-order valence-electron chi connectivity index (χ3n) is 2.29. The lowest BCUT2D eigenvalue weighted by atomic mass is 9.99. The van der Waals surface area contributed by atoms with E-state index in [0.29, 0.717) is 0 Å². The van der Waals surface area contributed by atoms with Gasteiger partial charge in [0.25, 0.3) is 5.69 Å². The molecule has 0 aromatic heterocycles. The molecule has 1 unspecified atom stereocenters. The van der Waals surface area contributed by atoms with Crippen LogP contribution in [0, 0.1) is 10.1 Å². The van der Waals surface area contributed by atoms with E-state index in [-0.39, 0.29) is 12.0 Å². The monoisotopic (exact) mass is 290 g/mol. The number of carboxylic acid groups (broad SMARTS) is 1. The SMILES string of the molecule is O=C(Cc1ccc([N+](=O)[O-])cc1C(F)C(=O)O)NCl.